The molecule has 0 bridgehead atoms. The molecule has 136 valence electrons. The van der Waals surface area contributed by atoms with Crippen LogP contribution in [0.4, 0.5) is 5.69 Å². The summed E-state index contributed by atoms with van der Waals surface area (Å²) in [6.45, 7) is 3.93. The van der Waals surface area contributed by atoms with Gasteiger partial charge in [0.2, 0.25) is 5.91 Å². The maximum atomic E-state index is 13.6. The number of para-hydroxylation sites is 1. The minimum absolute atomic E-state index is 0.0181. The van der Waals surface area contributed by atoms with E-state index in [0.717, 1.165) is 0 Å². The lowest BCUT2D eigenvalue weighted by atomic mass is 9.47. The molecule has 28 heavy (non-hydrogen) atoms. The van der Waals surface area contributed by atoms with Crippen LogP contribution in [0.25, 0.3) is 0 Å². The number of amides is 1. The predicted molar refractivity (Wildman–Crippen MR) is 103 cm³/mol. The number of rotatable bonds is 1. The van der Waals surface area contributed by atoms with E-state index in [4.69, 9.17) is 0 Å². The monoisotopic (exact) mass is 367 g/mol. The molecule has 2 aromatic rings. The van der Waals surface area contributed by atoms with Crippen molar-refractivity contribution in [2.45, 2.75) is 17.8 Å². The molecule has 2 atom stereocenters. The van der Waals surface area contributed by atoms with Gasteiger partial charge in [0.05, 0.1) is 12.1 Å². The van der Waals surface area contributed by atoms with E-state index in [1.807, 2.05) is 6.07 Å². The molecule has 1 spiro atoms. The molecule has 1 heterocycles. The topological polar surface area (TPSA) is 85.0 Å². The van der Waals surface area contributed by atoms with E-state index in [2.05, 4.69) is 18.7 Å². The molecular weight excluding hydrogens is 350 g/mol. The lowest BCUT2D eigenvalue weighted by Gasteiger charge is -2.47. The van der Waals surface area contributed by atoms with Crippen molar-refractivity contribution < 1.29 is 9.59 Å². The highest BCUT2D eigenvalue weighted by Crippen LogP contribution is 2.63. The molecule has 0 saturated heterocycles. The average molecular weight is 367 g/mol. The van der Waals surface area contributed by atoms with Crippen LogP contribution < -0.4 is 4.90 Å². The summed E-state index contributed by atoms with van der Waals surface area (Å²) < 4.78 is 0. The molecule has 0 N–H and O–H groups in total. The van der Waals surface area contributed by atoms with Gasteiger partial charge in [0.25, 0.3) is 0 Å². The second-order valence-electron chi connectivity index (χ2n) is 7.23. The van der Waals surface area contributed by atoms with Crippen LogP contribution in [0.2, 0.25) is 0 Å². The van der Waals surface area contributed by atoms with Crippen molar-refractivity contribution in [2.24, 2.45) is 5.41 Å². The van der Waals surface area contributed by atoms with Crippen LogP contribution >= 0.6 is 0 Å². The molecule has 5 nitrogen and oxygen atoms in total. The number of hydrogen-bond donors (Lipinski definition) is 0. The number of nitrogens with zero attached hydrogens (tertiary/aromatic N) is 3. The maximum absolute atomic E-state index is 13.6. The molecule has 5 heteroatoms. The Hall–Kier alpha value is -3.70. The summed E-state index contributed by atoms with van der Waals surface area (Å²) in [4.78, 5) is 28.1. The molecule has 1 amide bonds. The number of nitriles is 2. The van der Waals surface area contributed by atoms with Crippen LogP contribution in [0.15, 0.2) is 66.7 Å². The Morgan fingerprint density at radius 1 is 1.04 bits per heavy atom. The Kier molecular flexibility index (Phi) is 3.73. The second-order valence-corrected chi connectivity index (χ2v) is 7.23. The van der Waals surface area contributed by atoms with Gasteiger partial charge in [-0.2, -0.15) is 10.5 Å². The zero-order chi connectivity index (χ0) is 20.1. The predicted octanol–water partition coefficient (Wildman–Crippen LogP) is 3.25. The fourth-order valence-electron chi connectivity index (χ4n) is 4.80. The largest absolute Gasteiger partial charge is 0.314 e. The normalized spacial score (nSPS) is 25.3. The smallest absolute Gasteiger partial charge is 0.244 e. The fraction of sp³-hybridized carbons (Fsp3) is 0.217. The van der Waals surface area contributed by atoms with Gasteiger partial charge in [-0.25, -0.2) is 0 Å². The molecule has 1 aliphatic carbocycles. The molecule has 0 unspecified atom stereocenters. The van der Waals surface area contributed by atoms with Gasteiger partial charge >= 0.3 is 0 Å². The van der Waals surface area contributed by atoms with Gasteiger partial charge in [-0.1, -0.05) is 55.1 Å². The number of ketones is 1. The first-order valence-electron chi connectivity index (χ1n) is 8.93. The highest BCUT2D eigenvalue weighted by atomic mass is 16.2. The zero-order valence-electron chi connectivity index (χ0n) is 15.3. The minimum atomic E-state index is -1.79. The number of hydrogen-bond acceptors (Lipinski definition) is 4. The Labute approximate surface area is 163 Å². The Bertz CT molecular complexity index is 1090. The molecule has 2 aliphatic rings. The molecule has 1 aliphatic heterocycles. The molecule has 0 radical (unpaired) electrons. The summed E-state index contributed by atoms with van der Waals surface area (Å²) in [7, 11) is 1.60. The van der Waals surface area contributed by atoms with Crippen LogP contribution in [0.5, 0.6) is 0 Å². The van der Waals surface area contributed by atoms with Crippen molar-refractivity contribution in [3.63, 3.8) is 0 Å². The van der Waals surface area contributed by atoms with Crippen LogP contribution in [0.3, 0.4) is 0 Å². The highest BCUT2D eigenvalue weighted by Gasteiger charge is 2.71. The van der Waals surface area contributed by atoms with Gasteiger partial charge in [0.15, 0.2) is 11.2 Å². The van der Waals surface area contributed by atoms with Gasteiger partial charge in [-0.05, 0) is 17.2 Å². The number of Topliss-reactive ketones (excluding diaryl/α,β-unsaturated/α-hetero) is 1. The van der Waals surface area contributed by atoms with Crippen molar-refractivity contribution in [3.05, 3.63) is 77.9 Å². The van der Waals surface area contributed by atoms with E-state index in [9.17, 15) is 20.1 Å². The summed E-state index contributed by atoms with van der Waals surface area (Å²) in [5.41, 5.74) is -1.74. The molecular formula is C23H17N3O2. The minimum Gasteiger partial charge on any atom is -0.314 e. The van der Waals surface area contributed by atoms with Gasteiger partial charge < -0.3 is 4.90 Å². The number of benzene rings is 2. The first-order valence-corrected chi connectivity index (χ1v) is 8.93. The number of likely N-dealkylation sites (N-methyl/N-ethyl adjacent to an activating group) is 1. The van der Waals surface area contributed by atoms with E-state index < -0.39 is 22.7 Å². The zero-order valence-corrected chi connectivity index (χ0v) is 15.3. The summed E-state index contributed by atoms with van der Waals surface area (Å²) in [5.74, 6) is -1.51. The third kappa shape index (κ3) is 1.83. The SMILES string of the molecule is C=C1C(=O)C[C@@H](c2ccccc2)C(C#N)(C#N)[C@]12C(=O)N(C)c1ccccc12. The third-order valence-electron chi connectivity index (χ3n) is 6.14. The van der Waals surface area contributed by atoms with Gasteiger partial charge in [-0.15, -0.1) is 0 Å². The number of fused-ring (bicyclic) bond motifs is 2. The maximum Gasteiger partial charge on any atom is 0.244 e. The molecule has 4 rings (SSSR count). The Balaban J connectivity index is 2.12. The molecule has 2 aromatic carbocycles. The van der Waals surface area contributed by atoms with E-state index in [1.54, 1.807) is 55.6 Å². The van der Waals surface area contributed by atoms with Crippen molar-refractivity contribution in [1.82, 2.24) is 0 Å². The standard InChI is InChI=1S/C23H17N3O2/c1-15-20(27)12-18(16-8-4-3-5-9-16)22(13-24,14-25)23(15)17-10-6-7-11-19(17)26(2)21(23)28/h3-11,18H,1,12H2,2H3/t18-,23+/m0/s1. The van der Waals surface area contributed by atoms with Gasteiger partial charge in [-0.3, -0.25) is 9.59 Å². The van der Waals surface area contributed by atoms with Crippen molar-refractivity contribution in [3.8, 4) is 12.1 Å². The summed E-state index contributed by atoms with van der Waals surface area (Å²) in [6.07, 6.45) is -0.0368. The van der Waals surface area contributed by atoms with Gasteiger partial charge in [0, 0.05) is 30.6 Å². The summed E-state index contributed by atoms with van der Waals surface area (Å²) >= 11 is 0. The Morgan fingerprint density at radius 2 is 1.64 bits per heavy atom. The number of carbonyl (C=O) groups excluding carboxylic acids is 2. The fourth-order valence-corrected chi connectivity index (χ4v) is 4.80. The van der Waals surface area contributed by atoms with Crippen LogP contribution in [0, 0.1) is 28.1 Å². The third-order valence-corrected chi connectivity index (χ3v) is 6.14. The number of carbonyl (C=O) groups is 2. The van der Waals surface area contributed by atoms with Gasteiger partial charge in [0.1, 0.15) is 5.41 Å². The molecule has 0 aromatic heterocycles. The summed E-state index contributed by atoms with van der Waals surface area (Å²) in [5, 5.41) is 20.7. The van der Waals surface area contributed by atoms with Crippen molar-refractivity contribution >= 4 is 17.4 Å². The lowest BCUT2D eigenvalue weighted by molar-refractivity contribution is -0.130. The van der Waals surface area contributed by atoms with Crippen LogP contribution in [0.1, 0.15) is 23.5 Å². The highest BCUT2D eigenvalue weighted by molar-refractivity contribution is 6.18. The van der Waals surface area contributed by atoms with Crippen molar-refractivity contribution in [2.75, 3.05) is 11.9 Å². The lowest BCUT2D eigenvalue weighted by Crippen LogP contribution is -2.59. The summed E-state index contributed by atoms with van der Waals surface area (Å²) in [6, 6.07) is 20.3. The van der Waals surface area contributed by atoms with E-state index in [1.165, 1.54) is 4.90 Å². The van der Waals surface area contributed by atoms with Crippen LogP contribution in [-0.4, -0.2) is 18.7 Å². The Morgan fingerprint density at radius 3 is 2.29 bits per heavy atom. The first-order chi connectivity index (χ1) is 13.5. The van der Waals surface area contributed by atoms with Crippen LogP contribution in [-0.2, 0) is 15.0 Å². The number of anilines is 1. The second kappa shape index (κ2) is 5.90. The molecule has 1 saturated carbocycles. The van der Waals surface area contributed by atoms with E-state index in [-0.39, 0.29) is 17.8 Å². The van der Waals surface area contributed by atoms with E-state index >= 15 is 0 Å². The van der Waals surface area contributed by atoms with E-state index in [0.29, 0.717) is 16.8 Å². The first kappa shape index (κ1) is 17.7. The quantitative estimate of drug-likeness (QED) is 0.724. The van der Waals surface area contributed by atoms with Crippen molar-refractivity contribution in [1.29, 1.82) is 10.5 Å². The average Bonchev–Trinajstić information content (AvgIpc) is 2.96. The molecule has 1 fully saturated rings.